The summed E-state index contributed by atoms with van der Waals surface area (Å²) in [6, 6.07) is 6.99. The second kappa shape index (κ2) is 4.51. The number of thiophene rings is 1. The van der Waals surface area contributed by atoms with E-state index in [1.165, 1.54) is 6.07 Å². The number of benzene rings is 1. The van der Waals surface area contributed by atoms with Gasteiger partial charge in [0.05, 0.1) is 4.88 Å². The molecule has 1 N–H and O–H groups in total. The van der Waals surface area contributed by atoms with Gasteiger partial charge in [-0.3, -0.25) is 0 Å². The van der Waals surface area contributed by atoms with Crippen molar-refractivity contribution in [3.63, 3.8) is 0 Å². The fourth-order valence-electron chi connectivity index (χ4n) is 2.02. The zero-order valence-electron chi connectivity index (χ0n) is 10.2. The van der Waals surface area contributed by atoms with E-state index in [2.05, 4.69) is 11.9 Å². The number of nitrogens with zero attached hydrogens (tertiary/aromatic N) is 1. The normalized spacial score (nSPS) is 11.0. The van der Waals surface area contributed by atoms with Crippen LogP contribution in [0.1, 0.15) is 22.8 Å². The van der Waals surface area contributed by atoms with Crippen LogP contribution in [0.4, 0.5) is 0 Å². The molecule has 0 radical (unpaired) electrons. The Morgan fingerprint density at radius 2 is 2.26 bits per heavy atom. The van der Waals surface area contributed by atoms with Gasteiger partial charge in [-0.1, -0.05) is 13.0 Å². The van der Waals surface area contributed by atoms with E-state index in [4.69, 9.17) is 9.52 Å². The number of oxazole rings is 1. The average Bonchev–Trinajstić information content (AvgIpc) is 3.03. The number of rotatable bonds is 3. The fourth-order valence-corrected chi connectivity index (χ4v) is 2.94. The van der Waals surface area contributed by atoms with Gasteiger partial charge in [-0.05, 0) is 35.6 Å². The molecule has 0 unspecified atom stereocenters. The third-order valence-electron chi connectivity index (χ3n) is 2.97. The molecule has 3 rings (SSSR count). The van der Waals surface area contributed by atoms with Gasteiger partial charge in [0.25, 0.3) is 0 Å². The number of hydrogen-bond acceptors (Lipinski definition) is 4. The van der Waals surface area contributed by atoms with E-state index in [1.54, 1.807) is 23.5 Å². The average molecular weight is 273 g/mol. The SMILES string of the molecule is CCc1ccsc1-c1nc2cccc(C(=O)O)c2o1. The van der Waals surface area contributed by atoms with Crippen molar-refractivity contribution in [2.45, 2.75) is 13.3 Å². The van der Waals surface area contributed by atoms with Crippen molar-refractivity contribution in [3.8, 4) is 10.8 Å². The van der Waals surface area contributed by atoms with Gasteiger partial charge in [0.2, 0.25) is 5.89 Å². The molecule has 2 heterocycles. The quantitative estimate of drug-likeness (QED) is 0.788. The first-order valence-electron chi connectivity index (χ1n) is 5.90. The van der Waals surface area contributed by atoms with Crippen molar-refractivity contribution in [1.29, 1.82) is 0 Å². The lowest BCUT2D eigenvalue weighted by molar-refractivity contribution is 0.0698. The lowest BCUT2D eigenvalue weighted by atomic mass is 10.2. The Labute approximate surface area is 113 Å². The number of carboxylic acid groups (broad SMARTS) is 1. The molecule has 0 spiro atoms. The van der Waals surface area contributed by atoms with Crippen molar-refractivity contribution in [2.75, 3.05) is 0 Å². The summed E-state index contributed by atoms with van der Waals surface area (Å²) < 4.78 is 5.67. The molecule has 4 nitrogen and oxygen atoms in total. The summed E-state index contributed by atoms with van der Waals surface area (Å²) >= 11 is 1.55. The van der Waals surface area contributed by atoms with Gasteiger partial charge >= 0.3 is 5.97 Å². The summed E-state index contributed by atoms with van der Waals surface area (Å²) in [7, 11) is 0. The molecule has 0 amide bonds. The van der Waals surface area contributed by atoms with Crippen LogP contribution in [0.3, 0.4) is 0 Å². The third kappa shape index (κ3) is 1.92. The van der Waals surface area contributed by atoms with Gasteiger partial charge in [-0.15, -0.1) is 11.3 Å². The number of aromatic nitrogens is 1. The molecule has 0 atom stereocenters. The monoisotopic (exact) mass is 273 g/mol. The van der Waals surface area contributed by atoms with E-state index in [9.17, 15) is 4.79 Å². The van der Waals surface area contributed by atoms with Crippen molar-refractivity contribution in [2.24, 2.45) is 0 Å². The van der Waals surface area contributed by atoms with Crippen molar-refractivity contribution in [1.82, 2.24) is 4.98 Å². The minimum atomic E-state index is -1.00. The van der Waals surface area contributed by atoms with Gasteiger partial charge < -0.3 is 9.52 Å². The predicted octanol–water partition coefficient (Wildman–Crippen LogP) is 3.82. The third-order valence-corrected chi connectivity index (χ3v) is 3.91. The molecule has 3 aromatic rings. The first-order chi connectivity index (χ1) is 9.20. The van der Waals surface area contributed by atoms with Crippen molar-refractivity contribution in [3.05, 3.63) is 40.8 Å². The highest BCUT2D eigenvalue weighted by atomic mass is 32.1. The molecule has 2 aromatic heterocycles. The summed E-state index contributed by atoms with van der Waals surface area (Å²) in [6.07, 6.45) is 0.892. The number of para-hydroxylation sites is 1. The molecule has 0 aliphatic heterocycles. The number of hydrogen-bond donors (Lipinski definition) is 1. The Hall–Kier alpha value is -2.14. The molecular weight excluding hydrogens is 262 g/mol. The molecule has 0 aliphatic carbocycles. The van der Waals surface area contributed by atoms with Crippen LogP contribution < -0.4 is 0 Å². The van der Waals surface area contributed by atoms with Crippen LogP contribution in [0.25, 0.3) is 21.9 Å². The molecule has 5 heteroatoms. The number of fused-ring (bicyclic) bond motifs is 1. The number of aromatic carboxylic acids is 1. The Morgan fingerprint density at radius 1 is 1.42 bits per heavy atom. The maximum absolute atomic E-state index is 11.1. The minimum absolute atomic E-state index is 0.144. The van der Waals surface area contributed by atoms with E-state index in [1.807, 2.05) is 11.4 Å². The van der Waals surface area contributed by atoms with E-state index >= 15 is 0 Å². The minimum Gasteiger partial charge on any atom is -0.478 e. The maximum atomic E-state index is 11.1. The summed E-state index contributed by atoms with van der Waals surface area (Å²) in [6.45, 7) is 2.07. The lowest BCUT2D eigenvalue weighted by Gasteiger charge is -1.95. The molecule has 0 aliphatic rings. The highest BCUT2D eigenvalue weighted by Crippen LogP contribution is 2.32. The van der Waals surface area contributed by atoms with Crippen LogP contribution in [0.2, 0.25) is 0 Å². The van der Waals surface area contributed by atoms with Gasteiger partial charge in [0.15, 0.2) is 5.58 Å². The Morgan fingerprint density at radius 3 is 3.00 bits per heavy atom. The van der Waals surface area contributed by atoms with E-state index in [-0.39, 0.29) is 5.56 Å². The zero-order chi connectivity index (χ0) is 13.4. The molecular formula is C14H11NO3S. The Kier molecular flexibility index (Phi) is 2.83. The molecule has 1 aromatic carbocycles. The molecule has 0 bridgehead atoms. The van der Waals surface area contributed by atoms with E-state index in [0.29, 0.717) is 17.0 Å². The Bertz CT molecular complexity index is 757. The zero-order valence-corrected chi connectivity index (χ0v) is 11.0. The topological polar surface area (TPSA) is 63.3 Å². The summed E-state index contributed by atoms with van der Waals surface area (Å²) in [4.78, 5) is 16.5. The van der Waals surface area contributed by atoms with E-state index in [0.717, 1.165) is 16.9 Å². The molecule has 0 saturated heterocycles. The van der Waals surface area contributed by atoms with Crippen LogP contribution in [0.15, 0.2) is 34.1 Å². The smallest absolute Gasteiger partial charge is 0.339 e. The summed E-state index contributed by atoms with van der Waals surface area (Å²) in [5.74, 6) is -0.509. The predicted molar refractivity (Wildman–Crippen MR) is 73.7 cm³/mol. The van der Waals surface area contributed by atoms with Gasteiger partial charge in [0.1, 0.15) is 11.1 Å². The fraction of sp³-hybridized carbons (Fsp3) is 0.143. The van der Waals surface area contributed by atoms with Crippen LogP contribution in [0, 0.1) is 0 Å². The second-order valence-electron chi connectivity index (χ2n) is 4.11. The van der Waals surface area contributed by atoms with Gasteiger partial charge in [0, 0.05) is 0 Å². The van der Waals surface area contributed by atoms with Crippen LogP contribution in [-0.4, -0.2) is 16.1 Å². The van der Waals surface area contributed by atoms with E-state index < -0.39 is 5.97 Å². The first-order valence-corrected chi connectivity index (χ1v) is 6.78. The van der Waals surface area contributed by atoms with Crippen molar-refractivity contribution < 1.29 is 14.3 Å². The number of carboxylic acids is 1. The molecule has 96 valence electrons. The van der Waals surface area contributed by atoms with Gasteiger partial charge in [-0.2, -0.15) is 0 Å². The maximum Gasteiger partial charge on any atom is 0.339 e. The Balaban J connectivity index is 2.22. The van der Waals surface area contributed by atoms with Crippen LogP contribution in [0.5, 0.6) is 0 Å². The standard InChI is InChI=1S/C14H11NO3S/c1-2-8-6-7-19-12(8)13-15-10-5-3-4-9(14(16)17)11(10)18-13/h3-7H,2H2,1H3,(H,16,17). The van der Waals surface area contributed by atoms with Crippen LogP contribution >= 0.6 is 11.3 Å². The summed E-state index contributed by atoms with van der Waals surface area (Å²) in [5, 5.41) is 11.1. The largest absolute Gasteiger partial charge is 0.478 e. The molecule has 19 heavy (non-hydrogen) atoms. The highest BCUT2D eigenvalue weighted by molar-refractivity contribution is 7.13. The van der Waals surface area contributed by atoms with Crippen LogP contribution in [-0.2, 0) is 6.42 Å². The number of aryl methyl sites for hydroxylation is 1. The van der Waals surface area contributed by atoms with Gasteiger partial charge in [-0.25, -0.2) is 9.78 Å². The molecule has 0 fully saturated rings. The summed E-state index contributed by atoms with van der Waals surface area (Å²) in [5.41, 5.74) is 2.21. The molecule has 0 saturated carbocycles. The number of carbonyl (C=O) groups is 1. The second-order valence-corrected chi connectivity index (χ2v) is 5.02. The van der Waals surface area contributed by atoms with Crippen molar-refractivity contribution >= 4 is 28.4 Å². The first kappa shape index (κ1) is 11.9. The highest BCUT2D eigenvalue weighted by Gasteiger charge is 2.17. The lowest BCUT2D eigenvalue weighted by Crippen LogP contribution is -1.95.